The Balaban J connectivity index is 2.15. The van der Waals surface area contributed by atoms with Crippen molar-refractivity contribution < 1.29 is 9.53 Å². The van der Waals surface area contributed by atoms with Gasteiger partial charge in [0.2, 0.25) is 0 Å². The van der Waals surface area contributed by atoms with E-state index < -0.39 is 0 Å². The van der Waals surface area contributed by atoms with Crippen molar-refractivity contribution in [3.8, 4) is 0 Å². The van der Waals surface area contributed by atoms with Gasteiger partial charge >= 0.3 is 5.97 Å². The van der Waals surface area contributed by atoms with Crippen LogP contribution in [0.3, 0.4) is 0 Å². The molecule has 0 fully saturated rings. The lowest BCUT2D eigenvalue weighted by Crippen LogP contribution is -2.12. The third kappa shape index (κ3) is 7.78. The van der Waals surface area contributed by atoms with Gasteiger partial charge in [0.05, 0.1) is 0 Å². The fourth-order valence-electron chi connectivity index (χ4n) is 2.00. The zero-order chi connectivity index (χ0) is 14.6. The van der Waals surface area contributed by atoms with E-state index in [9.17, 15) is 4.79 Å². The number of rotatable bonds is 9. The molecule has 0 aliphatic heterocycles. The zero-order valence-electron chi connectivity index (χ0n) is 12.7. The number of carbonyl (C=O) groups is 1. The Bertz CT molecular complexity index is 395. The molecule has 0 aliphatic rings. The van der Waals surface area contributed by atoms with Crippen molar-refractivity contribution >= 4 is 5.97 Å². The number of hydrogen-bond donors (Lipinski definition) is 0. The normalized spacial score (nSPS) is 12.5. The van der Waals surface area contributed by atoms with E-state index >= 15 is 0 Å². The SMILES string of the molecule is CCCC/C=C/C(C)OC(=O)CCCc1ccccc1. The van der Waals surface area contributed by atoms with E-state index in [-0.39, 0.29) is 12.1 Å². The summed E-state index contributed by atoms with van der Waals surface area (Å²) in [5.41, 5.74) is 1.27. The van der Waals surface area contributed by atoms with Gasteiger partial charge < -0.3 is 4.74 Å². The molecule has 1 aromatic rings. The first-order chi connectivity index (χ1) is 9.72. The average molecular weight is 274 g/mol. The highest BCUT2D eigenvalue weighted by molar-refractivity contribution is 5.69. The van der Waals surface area contributed by atoms with Crippen LogP contribution < -0.4 is 0 Å². The van der Waals surface area contributed by atoms with Crippen molar-refractivity contribution in [2.75, 3.05) is 0 Å². The molecule has 1 aromatic carbocycles. The molecule has 1 rings (SSSR count). The zero-order valence-corrected chi connectivity index (χ0v) is 12.7. The maximum Gasteiger partial charge on any atom is 0.306 e. The summed E-state index contributed by atoms with van der Waals surface area (Å²) in [5, 5.41) is 0. The van der Waals surface area contributed by atoms with Crippen LogP contribution in [-0.2, 0) is 16.0 Å². The number of esters is 1. The van der Waals surface area contributed by atoms with Crippen LogP contribution in [0.1, 0.15) is 51.5 Å². The predicted octanol–water partition coefficient (Wildman–Crippen LogP) is 4.69. The van der Waals surface area contributed by atoms with Gasteiger partial charge in [-0.1, -0.05) is 56.2 Å². The smallest absolute Gasteiger partial charge is 0.306 e. The van der Waals surface area contributed by atoms with Crippen molar-refractivity contribution in [2.45, 2.75) is 58.5 Å². The first kappa shape index (κ1) is 16.5. The number of ether oxygens (including phenoxy) is 1. The minimum Gasteiger partial charge on any atom is -0.458 e. The van der Waals surface area contributed by atoms with Gasteiger partial charge in [0.1, 0.15) is 6.10 Å². The molecule has 1 unspecified atom stereocenters. The number of benzene rings is 1. The van der Waals surface area contributed by atoms with Gasteiger partial charge in [0, 0.05) is 6.42 Å². The molecule has 0 aromatic heterocycles. The van der Waals surface area contributed by atoms with Gasteiger partial charge in [-0.2, -0.15) is 0 Å². The first-order valence-electron chi connectivity index (χ1n) is 7.62. The summed E-state index contributed by atoms with van der Waals surface area (Å²) in [6, 6.07) is 10.2. The Kier molecular flexibility index (Phi) is 8.44. The van der Waals surface area contributed by atoms with Crippen LogP contribution in [-0.4, -0.2) is 12.1 Å². The lowest BCUT2D eigenvalue weighted by atomic mass is 10.1. The van der Waals surface area contributed by atoms with E-state index in [1.165, 1.54) is 18.4 Å². The molecule has 0 bridgehead atoms. The molecule has 0 saturated carbocycles. The molecule has 0 N–H and O–H groups in total. The highest BCUT2D eigenvalue weighted by Crippen LogP contribution is 2.07. The van der Waals surface area contributed by atoms with Gasteiger partial charge in [0.15, 0.2) is 0 Å². The number of hydrogen-bond acceptors (Lipinski definition) is 2. The number of carbonyl (C=O) groups excluding carboxylic acids is 1. The standard InChI is InChI=1S/C18H26O2/c1-3-4-5-7-11-16(2)20-18(19)15-10-14-17-12-8-6-9-13-17/h6-9,11-13,16H,3-5,10,14-15H2,1-2H3/b11-7+. The second-order valence-corrected chi connectivity index (χ2v) is 5.10. The average Bonchev–Trinajstić information content (AvgIpc) is 2.45. The molecule has 0 amide bonds. The summed E-state index contributed by atoms with van der Waals surface area (Å²) in [6.07, 6.45) is 9.67. The molecule has 0 saturated heterocycles. The third-order valence-electron chi connectivity index (χ3n) is 3.14. The predicted molar refractivity (Wildman–Crippen MR) is 83.6 cm³/mol. The van der Waals surface area contributed by atoms with E-state index in [2.05, 4.69) is 25.1 Å². The maximum atomic E-state index is 11.7. The summed E-state index contributed by atoms with van der Waals surface area (Å²) >= 11 is 0. The van der Waals surface area contributed by atoms with Crippen LogP contribution in [0.15, 0.2) is 42.5 Å². The van der Waals surface area contributed by atoms with Crippen LogP contribution in [0.4, 0.5) is 0 Å². The summed E-state index contributed by atoms with van der Waals surface area (Å²) in [5.74, 6) is -0.103. The monoisotopic (exact) mass is 274 g/mol. The third-order valence-corrected chi connectivity index (χ3v) is 3.14. The molecule has 2 heteroatoms. The molecule has 0 radical (unpaired) electrons. The van der Waals surface area contributed by atoms with Crippen molar-refractivity contribution in [3.63, 3.8) is 0 Å². The summed E-state index contributed by atoms with van der Waals surface area (Å²) in [7, 11) is 0. The fraction of sp³-hybridized carbons (Fsp3) is 0.500. The van der Waals surface area contributed by atoms with Gasteiger partial charge in [-0.3, -0.25) is 4.79 Å². The fourth-order valence-corrected chi connectivity index (χ4v) is 2.00. The second kappa shape index (κ2) is 10.2. The quantitative estimate of drug-likeness (QED) is 0.371. The molecule has 0 heterocycles. The number of aryl methyl sites for hydroxylation is 1. The largest absolute Gasteiger partial charge is 0.458 e. The minimum atomic E-state index is -0.115. The Hall–Kier alpha value is -1.57. The number of unbranched alkanes of at least 4 members (excludes halogenated alkanes) is 2. The van der Waals surface area contributed by atoms with Crippen LogP contribution in [0.5, 0.6) is 0 Å². The lowest BCUT2D eigenvalue weighted by molar-refractivity contribution is -0.146. The minimum absolute atomic E-state index is 0.103. The van der Waals surface area contributed by atoms with Crippen LogP contribution in [0.2, 0.25) is 0 Å². The van der Waals surface area contributed by atoms with Crippen molar-refractivity contribution in [1.82, 2.24) is 0 Å². The van der Waals surface area contributed by atoms with Crippen LogP contribution in [0, 0.1) is 0 Å². The Morgan fingerprint density at radius 1 is 1.25 bits per heavy atom. The van der Waals surface area contributed by atoms with Gasteiger partial charge in [0.25, 0.3) is 0 Å². The van der Waals surface area contributed by atoms with Gasteiger partial charge in [-0.05, 0) is 37.8 Å². The van der Waals surface area contributed by atoms with Crippen molar-refractivity contribution in [3.05, 3.63) is 48.0 Å². The Morgan fingerprint density at radius 3 is 2.70 bits per heavy atom. The summed E-state index contributed by atoms with van der Waals surface area (Å²) < 4.78 is 5.34. The van der Waals surface area contributed by atoms with Crippen LogP contribution >= 0.6 is 0 Å². The first-order valence-corrected chi connectivity index (χ1v) is 7.62. The van der Waals surface area contributed by atoms with E-state index in [0.29, 0.717) is 6.42 Å². The molecule has 2 nitrogen and oxygen atoms in total. The van der Waals surface area contributed by atoms with E-state index in [4.69, 9.17) is 4.74 Å². The Labute approximate surface area is 122 Å². The molecule has 0 spiro atoms. The van der Waals surface area contributed by atoms with E-state index in [1.54, 1.807) is 0 Å². The molecular weight excluding hydrogens is 248 g/mol. The maximum absolute atomic E-state index is 11.7. The van der Waals surface area contributed by atoms with Crippen molar-refractivity contribution in [1.29, 1.82) is 0 Å². The highest BCUT2D eigenvalue weighted by atomic mass is 16.5. The molecule has 1 atom stereocenters. The second-order valence-electron chi connectivity index (χ2n) is 5.10. The van der Waals surface area contributed by atoms with Crippen LogP contribution in [0.25, 0.3) is 0 Å². The molecular formula is C18H26O2. The van der Waals surface area contributed by atoms with Crippen molar-refractivity contribution in [2.24, 2.45) is 0 Å². The Morgan fingerprint density at radius 2 is 2.00 bits per heavy atom. The summed E-state index contributed by atoms with van der Waals surface area (Å²) in [6.45, 7) is 4.08. The molecule has 0 aliphatic carbocycles. The molecule has 110 valence electrons. The van der Waals surface area contributed by atoms with E-state index in [0.717, 1.165) is 19.3 Å². The molecule has 20 heavy (non-hydrogen) atoms. The summed E-state index contributed by atoms with van der Waals surface area (Å²) in [4.78, 5) is 11.7. The van der Waals surface area contributed by atoms with Gasteiger partial charge in [-0.15, -0.1) is 0 Å². The number of allylic oxidation sites excluding steroid dienone is 1. The lowest BCUT2D eigenvalue weighted by Gasteiger charge is -2.09. The topological polar surface area (TPSA) is 26.3 Å². The highest BCUT2D eigenvalue weighted by Gasteiger charge is 2.06. The van der Waals surface area contributed by atoms with E-state index in [1.807, 2.05) is 31.2 Å². The van der Waals surface area contributed by atoms with Gasteiger partial charge in [-0.25, -0.2) is 0 Å².